The minimum absolute atomic E-state index is 0.0907. The molecule has 2 atom stereocenters. The van der Waals surface area contributed by atoms with E-state index in [4.69, 9.17) is 4.74 Å². The lowest BCUT2D eigenvalue weighted by atomic mass is 10.0. The summed E-state index contributed by atoms with van der Waals surface area (Å²) in [5.74, 6) is 0.727. The Kier molecular flexibility index (Phi) is 3.72. The van der Waals surface area contributed by atoms with E-state index in [0.29, 0.717) is 23.4 Å². The van der Waals surface area contributed by atoms with Gasteiger partial charge in [-0.25, -0.2) is 0 Å². The molecule has 0 aromatic heterocycles. The largest absolute Gasteiger partial charge is 0.484 e. The van der Waals surface area contributed by atoms with E-state index in [0.717, 1.165) is 32.0 Å². The van der Waals surface area contributed by atoms with E-state index < -0.39 is 0 Å². The van der Waals surface area contributed by atoms with Crippen LogP contribution in [0.25, 0.3) is 0 Å². The van der Waals surface area contributed by atoms with Crippen molar-refractivity contribution in [3.8, 4) is 5.75 Å². The van der Waals surface area contributed by atoms with Crippen molar-refractivity contribution in [3.63, 3.8) is 0 Å². The first-order valence-corrected chi connectivity index (χ1v) is 7.27. The maximum absolute atomic E-state index is 12.3. The summed E-state index contributed by atoms with van der Waals surface area (Å²) in [5, 5.41) is 0. The molecule has 2 heterocycles. The van der Waals surface area contributed by atoms with Crippen molar-refractivity contribution in [2.24, 2.45) is 0 Å². The fraction of sp³-hybridized carbons (Fsp3) is 0.500. The highest BCUT2D eigenvalue weighted by atomic mass is 16.5. The van der Waals surface area contributed by atoms with Gasteiger partial charge >= 0.3 is 0 Å². The second kappa shape index (κ2) is 5.65. The summed E-state index contributed by atoms with van der Waals surface area (Å²) in [5.41, 5.74) is 0.609. The van der Waals surface area contributed by atoms with Crippen molar-refractivity contribution in [1.82, 2.24) is 4.90 Å². The highest BCUT2D eigenvalue weighted by Crippen LogP contribution is 2.35. The van der Waals surface area contributed by atoms with Gasteiger partial charge < -0.3 is 9.64 Å². The Morgan fingerprint density at radius 1 is 1.15 bits per heavy atom. The fourth-order valence-corrected chi connectivity index (χ4v) is 3.39. The van der Waals surface area contributed by atoms with E-state index in [9.17, 15) is 9.59 Å². The monoisotopic (exact) mass is 273 g/mol. The maximum Gasteiger partial charge on any atom is 0.261 e. The summed E-state index contributed by atoms with van der Waals surface area (Å²) in [7, 11) is 0. The summed E-state index contributed by atoms with van der Waals surface area (Å²) in [4.78, 5) is 24.9. The molecule has 2 aliphatic rings. The van der Waals surface area contributed by atoms with E-state index in [2.05, 4.69) is 0 Å². The molecule has 3 rings (SSSR count). The number of hydrogen-bond acceptors (Lipinski definition) is 3. The minimum atomic E-state index is 0.0907. The number of piperidine rings is 1. The first-order valence-electron chi connectivity index (χ1n) is 7.27. The molecule has 2 saturated heterocycles. The van der Waals surface area contributed by atoms with Crippen molar-refractivity contribution in [3.05, 3.63) is 29.8 Å². The number of fused-ring (bicyclic) bond motifs is 2. The van der Waals surface area contributed by atoms with Gasteiger partial charge in [0.05, 0.1) is 0 Å². The van der Waals surface area contributed by atoms with Gasteiger partial charge in [-0.1, -0.05) is 0 Å². The molecule has 20 heavy (non-hydrogen) atoms. The molecule has 0 saturated carbocycles. The summed E-state index contributed by atoms with van der Waals surface area (Å²) in [6.45, 7) is 0.0907. The van der Waals surface area contributed by atoms with Crippen LogP contribution < -0.4 is 4.74 Å². The lowest BCUT2D eigenvalue weighted by molar-refractivity contribution is -0.137. The molecule has 1 aromatic rings. The topological polar surface area (TPSA) is 46.6 Å². The smallest absolute Gasteiger partial charge is 0.261 e. The van der Waals surface area contributed by atoms with E-state index in [1.54, 1.807) is 24.3 Å². The Balaban J connectivity index is 1.57. The van der Waals surface area contributed by atoms with Crippen LogP contribution in [0.1, 0.15) is 42.5 Å². The zero-order chi connectivity index (χ0) is 13.9. The van der Waals surface area contributed by atoms with Gasteiger partial charge in [-0.15, -0.1) is 0 Å². The SMILES string of the molecule is O=Cc1ccc(OCC(=O)N2C3CCCC2CC3)cc1. The summed E-state index contributed by atoms with van der Waals surface area (Å²) in [6, 6.07) is 7.70. The van der Waals surface area contributed by atoms with Crippen LogP contribution in [-0.2, 0) is 4.79 Å². The van der Waals surface area contributed by atoms with Crippen molar-refractivity contribution in [2.45, 2.75) is 44.2 Å². The van der Waals surface area contributed by atoms with Crippen LogP contribution in [0.3, 0.4) is 0 Å². The molecule has 2 aliphatic heterocycles. The number of carbonyl (C=O) groups excluding carboxylic acids is 2. The molecule has 2 fully saturated rings. The molecular weight excluding hydrogens is 254 g/mol. The summed E-state index contributed by atoms with van der Waals surface area (Å²) in [6.07, 6.45) is 6.59. The Morgan fingerprint density at radius 3 is 2.40 bits per heavy atom. The molecule has 2 bridgehead atoms. The van der Waals surface area contributed by atoms with Crippen LogP contribution in [0.4, 0.5) is 0 Å². The van der Waals surface area contributed by atoms with Crippen molar-refractivity contribution in [1.29, 1.82) is 0 Å². The van der Waals surface area contributed by atoms with Crippen LogP contribution in [0.2, 0.25) is 0 Å². The Morgan fingerprint density at radius 2 is 1.80 bits per heavy atom. The number of hydrogen-bond donors (Lipinski definition) is 0. The Bertz CT molecular complexity index is 481. The Labute approximate surface area is 118 Å². The second-order valence-corrected chi connectivity index (χ2v) is 5.59. The van der Waals surface area contributed by atoms with Crippen molar-refractivity contribution < 1.29 is 14.3 Å². The third-order valence-corrected chi connectivity index (χ3v) is 4.36. The molecule has 4 nitrogen and oxygen atoms in total. The summed E-state index contributed by atoms with van der Waals surface area (Å²) >= 11 is 0. The molecule has 0 radical (unpaired) electrons. The standard InChI is InChI=1S/C16H19NO3/c18-10-12-4-8-15(9-5-12)20-11-16(19)17-13-2-1-3-14(17)7-6-13/h4-5,8-10,13-14H,1-3,6-7,11H2. The van der Waals surface area contributed by atoms with Crippen LogP contribution in [0.15, 0.2) is 24.3 Å². The molecular formula is C16H19NO3. The average Bonchev–Trinajstić information content (AvgIpc) is 2.75. The second-order valence-electron chi connectivity index (χ2n) is 5.59. The average molecular weight is 273 g/mol. The van der Waals surface area contributed by atoms with Crippen molar-refractivity contribution in [2.75, 3.05) is 6.61 Å². The van der Waals surface area contributed by atoms with E-state index in [1.165, 1.54) is 6.42 Å². The van der Waals surface area contributed by atoms with Crippen LogP contribution in [0.5, 0.6) is 5.75 Å². The lowest BCUT2D eigenvalue weighted by Gasteiger charge is -2.34. The third-order valence-electron chi connectivity index (χ3n) is 4.36. The number of nitrogens with zero attached hydrogens (tertiary/aromatic N) is 1. The normalized spacial score (nSPS) is 24.5. The molecule has 1 amide bonds. The number of aldehydes is 1. The number of amides is 1. The quantitative estimate of drug-likeness (QED) is 0.791. The molecule has 0 N–H and O–H groups in total. The summed E-state index contributed by atoms with van der Waals surface area (Å²) < 4.78 is 5.54. The Hall–Kier alpha value is -1.84. The molecule has 106 valence electrons. The molecule has 0 aliphatic carbocycles. The predicted octanol–water partition coefficient (Wildman–Crippen LogP) is 2.42. The van der Waals surface area contributed by atoms with E-state index in [-0.39, 0.29) is 12.5 Å². The number of rotatable bonds is 4. The number of ether oxygens (including phenoxy) is 1. The molecule has 4 heteroatoms. The lowest BCUT2D eigenvalue weighted by Crippen LogP contribution is -2.46. The van der Waals surface area contributed by atoms with E-state index in [1.807, 2.05) is 4.90 Å². The van der Waals surface area contributed by atoms with Gasteiger partial charge in [0.1, 0.15) is 12.0 Å². The zero-order valence-corrected chi connectivity index (χ0v) is 11.5. The van der Waals surface area contributed by atoms with Gasteiger partial charge in [-0.2, -0.15) is 0 Å². The first-order chi connectivity index (χ1) is 9.78. The van der Waals surface area contributed by atoms with Crippen LogP contribution in [0, 0.1) is 0 Å². The predicted molar refractivity (Wildman–Crippen MR) is 74.8 cm³/mol. The minimum Gasteiger partial charge on any atom is -0.484 e. The highest BCUT2D eigenvalue weighted by Gasteiger charge is 2.39. The van der Waals surface area contributed by atoms with Gasteiger partial charge in [-0.3, -0.25) is 9.59 Å². The van der Waals surface area contributed by atoms with Crippen molar-refractivity contribution >= 4 is 12.2 Å². The van der Waals surface area contributed by atoms with Crippen LogP contribution in [-0.4, -0.2) is 35.8 Å². The molecule has 1 aromatic carbocycles. The van der Waals surface area contributed by atoms with Gasteiger partial charge in [-0.05, 0) is 56.4 Å². The molecule has 0 spiro atoms. The maximum atomic E-state index is 12.3. The first kappa shape index (κ1) is 13.2. The number of benzene rings is 1. The van der Waals surface area contributed by atoms with E-state index >= 15 is 0 Å². The highest BCUT2D eigenvalue weighted by molar-refractivity contribution is 5.79. The van der Waals surface area contributed by atoms with Crippen LogP contribution >= 0.6 is 0 Å². The number of carbonyl (C=O) groups is 2. The van der Waals surface area contributed by atoms with Gasteiger partial charge in [0, 0.05) is 17.6 Å². The van der Waals surface area contributed by atoms with Gasteiger partial charge in [0.25, 0.3) is 5.91 Å². The zero-order valence-electron chi connectivity index (χ0n) is 11.5. The van der Waals surface area contributed by atoms with Gasteiger partial charge in [0.2, 0.25) is 0 Å². The van der Waals surface area contributed by atoms with Gasteiger partial charge in [0.15, 0.2) is 6.61 Å². The molecule has 2 unspecified atom stereocenters. The fourth-order valence-electron chi connectivity index (χ4n) is 3.39. The third kappa shape index (κ3) is 2.55.